The number of ether oxygens (including phenoxy) is 4. The second-order valence-corrected chi connectivity index (χ2v) is 12.4. The Morgan fingerprint density at radius 2 is 0.786 bits per heavy atom. The number of benzene rings is 2. The lowest BCUT2D eigenvalue weighted by atomic mass is 10.2. The van der Waals surface area contributed by atoms with Gasteiger partial charge in [0.1, 0.15) is 0 Å². The molecule has 0 heterocycles. The van der Waals surface area contributed by atoms with E-state index in [2.05, 4.69) is 87.6 Å². The van der Waals surface area contributed by atoms with Gasteiger partial charge in [0.15, 0.2) is 0 Å². The van der Waals surface area contributed by atoms with E-state index >= 15 is 0 Å². The van der Waals surface area contributed by atoms with E-state index in [-0.39, 0.29) is 13.2 Å². The molecule has 0 atom stereocenters. The summed E-state index contributed by atoms with van der Waals surface area (Å²) in [6.07, 6.45) is 7.91. The van der Waals surface area contributed by atoms with Gasteiger partial charge in [-0.25, -0.2) is 0 Å². The summed E-state index contributed by atoms with van der Waals surface area (Å²) in [7, 11) is 0. The van der Waals surface area contributed by atoms with Crippen molar-refractivity contribution in [3.05, 3.63) is 48.5 Å². The van der Waals surface area contributed by atoms with Crippen LogP contribution in [0.3, 0.4) is 0 Å². The second-order valence-electron chi connectivity index (χ2n) is 9.06. The number of aliphatic hydroxyl groups is 2. The van der Waals surface area contributed by atoms with Crippen LogP contribution in [0, 0.1) is 0 Å². The molecule has 0 amide bonds. The first-order valence-corrected chi connectivity index (χ1v) is 17.8. The lowest BCUT2D eigenvalue weighted by molar-refractivity contribution is -0.00856. The summed E-state index contributed by atoms with van der Waals surface area (Å²) < 4.78 is 20.4. The molecule has 0 radical (unpaired) electrons. The summed E-state index contributed by atoms with van der Waals surface area (Å²) in [6.45, 7) is 8.04. The quantitative estimate of drug-likeness (QED) is 0.0552. The van der Waals surface area contributed by atoms with Crippen LogP contribution in [0.15, 0.2) is 68.1 Å². The van der Waals surface area contributed by atoms with E-state index < -0.39 is 0 Å². The number of aliphatic hydroxyl groups excluding tert-OH is 2. The van der Waals surface area contributed by atoms with Crippen LogP contribution < -0.4 is 0 Å². The van der Waals surface area contributed by atoms with Crippen LogP contribution in [-0.4, -0.2) is 87.8 Å². The van der Waals surface area contributed by atoms with Crippen LogP contribution in [0.2, 0.25) is 0 Å². The summed E-state index contributed by atoms with van der Waals surface area (Å²) >= 11 is 12.5. The molecule has 2 rings (SSSR count). The van der Waals surface area contributed by atoms with Crippen molar-refractivity contribution in [2.24, 2.45) is 0 Å². The predicted octanol–water partition coefficient (Wildman–Crippen LogP) is 7.55. The van der Waals surface area contributed by atoms with Crippen molar-refractivity contribution in [2.75, 3.05) is 77.6 Å². The minimum Gasteiger partial charge on any atom is -0.394 e. The molecule has 0 aliphatic heterocycles. The standard InChI is InChI=1S/C19H24S4.C10H22O6.C3H8/c20-16-6-10-18(11-7-16)22-14-4-2-1-3-5-15-23-19-12-8-17(21)9-13-19;11-1-3-13-5-7-15-9-10-16-8-6-14-4-2-12;1-3-2/h6-13,20-21H,1-5,14-15H2;11-12H,1-10H2;3H2,1-2H3. The molecule has 0 fully saturated rings. The molecule has 42 heavy (non-hydrogen) atoms. The Bertz CT molecular complexity index is 731. The van der Waals surface area contributed by atoms with Gasteiger partial charge in [-0.3, -0.25) is 0 Å². The molecule has 0 spiro atoms. The van der Waals surface area contributed by atoms with Crippen LogP contribution >= 0.6 is 48.8 Å². The Balaban J connectivity index is 0.000000775. The monoisotopic (exact) mass is 662 g/mol. The van der Waals surface area contributed by atoms with Gasteiger partial charge in [-0.05, 0) is 72.9 Å². The van der Waals surface area contributed by atoms with Gasteiger partial charge >= 0.3 is 0 Å². The lowest BCUT2D eigenvalue weighted by Gasteiger charge is -2.06. The van der Waals surface area contributed by atoms with Crippen molar-refractivity contribution >= 4 is 48.8 Å². The maximum Gasteiger partial charge on any atom is 0.0701 e. The van der Waals surface area contributed by atoms with Crippen LogP contribution in [0.1, 0.15) is 52.4 Å². The highest BCUT2D eigenvalue weighted by molar-refractivity contribution is 7.99. The molecule has 2 aromatic rings. The van der Waals surface area contributed by atoms with E-state index in [1.165, 1.54) is 59.8 Å². The molecule has 0 bridgehead atoms. The maximum atomic E-state index is 8.41. The highest BCUT2D eigenvalue weighted by Gasteiger charge is 1.97. The predicted molar refractivity (Wildman–Crippen MR) is 185 cm³/mol. The van der Waals surface area contributed by atoms with Crippen LogP contribution in [0.5, 0.6) is 0 Å². The van der Waals surface area contributed by atoms with Crippen LogP contribution in [-0.2, 0) is 18.9 Å². The van der Waals surface area contributed by atoms with E-state index in [0.717, 1.165) is 9.79 Å². The molecular weight excluding hydrogens is 609 g/mol. The Labute approximate surface area is 274 Å². The fourth-order valence-electron chi connectivity index (χ4n) is 3.09. The minimum atomic E-state index is 0.0386. The largest absolute Gasteiger partial charge is 0.394 e. The molecule has 0 unspecified atom stereocenters. The van der Waals surface area contributed by atoms with Gasteiger partial charge in [0.25, 0.3) is 0 Å². The Morgan fingerprint density at radius 3 is 1.10 bits per heavy atom. The first-order valence-electron chi connectivity index (χ1n) is 14.9. The molecular formula is C32H54O6S4. The normalized spacial score (nSPS) is 10.5. The second kappa shape index (κ2) is 33.5. The molecule has 10 heteroatoms. The van der Waals surface area contributed by atoms with Gasteiger partial charge in [-0.15, -0.1) is 48.8 Å². The average Bonchev–Trinajstić information content (AvgIpc) is 2.99. The third kappa shape index (κ3) is 29.7. The molecule has 0 aliphatic rings. The highest BCUT2D eigenvalue weighted by atomic mass is 32.2. The number of unbranched alkanes of at least 4 members (excludes halogenated alkanes) is 4. The van der Waals surface area contributed by atoms with E-state index in [0.29, 0.717) is 52.9 Å². The number of thiol groups is 2. The Hall–Kier alpha value is -0.400. The molecule has 0 saturated carbocycles. The molecule has 2 aromatic carbocycles. The van der Waals surface area contributed by atoms with E-state index in [9.17, 15) is 0 Å². The molecule has 2 N–H and O–H groups in total. The van der Waals surface area contributed by atoms with Crippen molar-refractivity contribution in [2.45, 2.75) is 72.0 Å². The highest BCUT2D eigenvalue weighted by Crippen LogP contribution is 2.23. The maximum absolute atomic E-state index is 8.41. The fourth-order valence-corrected chi connectivity index (χ4v) is 5.21. The third-order valence-electron chi connectivity index (χ3n) is 5.09. The number of thioether (sulfide) groups is 2. The number of rotatable bonds is 23. The van der Waals surface area contributed by atoms with E-state index in [4.69, 9.17) is 29.2 Å². The summed E-state index contributed by atoms with van der Waals surface area (Å²) in [5.74, 6) is 2.44. The zero-order valence-corrected chi connectivity index (χ0v) is 29.0. The van der Waals surface area contributed by atoms with Gasteiger partial charge < -0.3 is 29.2 Å². The van der Waals surface area contributed by atoms with Crippen molar-refractivity contribution in [3.63, 3.8) is 0 Å². The topological polar surface area (TPSA) is 77.4 Å². The van der Waals surface area contributed by atoms with E-state index in [1.54, 1.807) is 0 Å². The fraction of sp³-hybridized carbons (Fsp3) is 0.625. The van der Waals surface area contributed by atoms with Crippen molar-refractivity contribution in [3.8, 4) is 0 Å². The average molecular weight is 663 g/mol. The van der Waals surface area contributed by atoms with Gasteiger partial charge in [-0.1, -0.05) is 39.5 Å². The van der Waals surface area contributed by atoms with E-state index in [1.807, 2.05) is 23.5 Å². The Kier molecular flexibility index (Phi) is 33.2. The van der Waals surface area contributed by atoms with Crippen molar-refractivity contribution in [1.82, 2.24) is 0 Å². The zero-order valence-electron chi connectivity index (χ0n) is 25.6. The molecule has 0 saturated heterocycles. The smallest absolute Gasteiger partial charge is 0.0701 e. The van der Waals surface area contributed by atoms with Gasteiger partial charge in [-0.2, -0.15) is 0 Å². The summed E-state index contributed by atoms with van der Waals surface area (Å²) in [4.78, 5) is 4.78. The lowest BCUT2D eigenvalue weighted by Crippen LogP contribution is -2.13. The van der Waals surface area contributed by atoms with Crippen LogP contribution in [0.4, 0.5) is 0 Å². The minimum absolute atomic E-state index is 0.0386. The van der Waals surface area contributed by atoms with Crippen LogP contribution in [0.25, 0.3) is 0 Å². The first-order chi connectivity index (χ1) is 20.6. The zero-order chi connectivity index (χ0) is 30.9. The van der Waals surface area contributed by atoms with Gasteiger partial charge in [0.2, 0.25) is 0 Å². The molecule has 0 aliphatic carbocycles. The van der Waals surface area contributed by atoms with Gasteiger partial charge in [0.05, 0.1) is 66.1 Å². The third-order valence-corrected chi connectivity index (χ3v) is 7.88. The summed E-state index contributed by atoms with van der Waals surface area (Å²) in [5, 5.41) is 16.8. The Morgan fingerprint density at radius 1 is 0.500 bits per heavy atom. The molecule has 6 nitrogen and oxygen atoms in total. The van der Waals surface area contributed by atoms with Gasteiger partial charge in [0, 0.05) is 19.6 Å². The molecule has 0 aromatic heterocycles. The van der Waals surface area contributed by atoms with Crippen molar-refractivity contribution in [1.29, 1.82) is 0 Å². The SMILES string of the molecule is CCC.OCCOCCOCCOCCOCCO.Sc1ccc(SCCCCCCCSc2ccc(S)cc2)cc1. The number of hydrogen-bond acceptors (Lipinski definition) is 10. The number of hydrogen-bond donors (Lipinski definition) is 4. The summed E-state index contributed by atoms with van der Waals surface area (Å²) in [5.41, 5.74) is 0. The van der Waals surface area contributed by atoms with Crippen molar-refractivity contribution < 1.29 is 29.2 Å². The molecule has 242 valence electrons. The first kappa shape index (κ1) is 41.6. The summed E-state index contributed by atoms with van der Waals surface area (Å²) in [6, 6.07) is 16.9.